The van der Waals surface area contributed by atoms with Crippen molar-refractivity contribution in [2.24, 2.45) is 5.92 Å². The third-order valence-electron chi connectivity index (χ3n) is 3.97. The van der Waals surface area contributed by atoms with Crippen LogP contribution in [0.1, 0.15) is 36.2 Å². The second kappa shape index (κ2) is 5.98. The molecule has 0 bridgehead atoms. The Morgan fingerprint density at radius 2 is 2.18 bits per heavy atom. The molecule has 17 heavy (non-hydrogen) atoms. The number of hydrogen-bond donors (Lipinski definition) is 1. The van der Waals surface area contributed by atoms with Gasteiger partial charge in [0.1, 0.15) is 0 Å². The van der Waals surface area contributed by atoms with Crippen molar-refractivity contribution in [3.8, 4) is 0 Å². The molecule has 96 valence electrons. The van der Waals surface area contributed by atoms with Crippen molar-refractivity contribution < 1.29 is 0 Å². The van der Waals surface area contributed by atoms with Gasteiger partial charge in [-0.1, -0.05) is 0 Å². The molecule has 1 aliphatic heterocycles. The molecule has 2 nitrogen and oxygen atoms in total. The van der Waals surface area contributed by atoms with Crippen LogP contribution in [0.15, 0.2) is 11.4 Å². The van der Waals surface area contributed by atoms with Crippen LogP contribution in [-0.4, -0.2) is 31.6 Å². The molecule has 1 aromatic rings. The van der Waals surface area contributed by atoms with Crippen molar-refractivity contribution in [1.29, 1.82) is 0 Å². The minimum atomic E-state index is 0.602. The van der Waals surface area contributed by atoms with Crippen molar-refractivity contribution in [2.45, 2.75) is 32.7 Å². The van der Waals surface area contributed by atoms with Crippen molar-refractivity contribution in [2.75, 3.05) is 26.7 Å². The molecule has 0 amide bonds. The number of rotatable bonds is 4. The molecule has 0 aliphatic carbocycles. The molecule has 0 aromatic carbocycles. The molecule has 1 aromatic heterocycles. The Balaban J connectivity index is 1.90. The Kier molecular flexibility index (Phi) is 4.60. The van der Waals surface area contributed by atoms with E-state index in [2.05, 4.69) is 42.6 Å². The van der Waals surface area contributed by atoms with E-state index in [0.29, 0.717) is 6.04 Å². The number of aryl methyl sites for hydroxylation is 1. The minimum absolute atomic E-state index is 0.602. The molecule has 1 N–H and O–H groups in total. The second-order valence-corrected chi connectivity index (χ2v) is 6.13. The normalized spacial score (nSPS) is 20.6. The average Bonchev–Trinajstić information content (AvgIpc) is 2.76. The van der Waals surface area contributed by atoms with E-state index in [9.17, 15) is 0 Å². The summed E-state index contributed by atoms with van der Waals surface area (Å²) in [7, 11) is 2.06. The summed E-state index contributed by atoms with van der Waals surface area (Å²) in [4.78, 5) is 4.20. The lowest BCUT2D eigenvalue weighted by molar-refractivity contribution is 0.142. The van der Waals surface area contributed by atoms with Crippen molar-refractivity contribution in [3.63, 3.8) is 0 Å². The van der Waals surface area contributed by atoms with Crippen LogP contribution in [0.25, 0.3) is 0 Å². The van der Waals surface area contributed by atoms with E-state index in [-0.39, 0.29) is 0 Å². The van der Waals surface area contributed by atoms with E-state index in [1.807, 2.05) is 11.3 Å². The lowest BCUT2D eigenvalue weighted by atomic mass is 9.95. The smallest absolute Gasteiger partial charge is 0.0415 e. The first-order valence-electron chi connectivity index (χ1n) is 6.65. The van der Waals surface area contributed by atoms with Gasteiger partial charge in [0.2, 0.25) is 0 Å². The first-order valence-corrected chi connectivity index (χ1v) is 7.53. The van der Waals surface area contributed by atoms with Gasteiger partial charge in [0.15, 0.2) is 0 Å². The summed E-state index contributed by atoms with van der Waals surface area (Å²) in [5.41, 5.74) is 1.46. The fourth-order valence-electron chi connectivity index (χ4n) is 2.81. The van der Waals surface area contributed by atoms with Gasteiger partial charge >= 0.3 is 0 Å². The van der Waals surface area contributed by atoms with E-state index in [0.717, 1.165) is 5.92 Å². The Morgan fingerprint density at radius 1 is 1.47 bits per heavy atom. The Bertz CT molecular complexity index is 340. The topological polar surface area (TPSA) is 15.3 Å². The maximum atomic E-state index is 3.30. The molecule has 0 saturated carbocycles. The largest absolute Gasteiger partial charge is 0.319 e. The summed E-state index contributed by atoms with van der Waals surface area (Å²) in [6, 6.07) is 2.84. The van der Waals surface area contributed by atoms with Gasteiger partial charge in [-0.2, -0.15) is 0 Å². The van der Waals surface area contributed by atoms with Crippen LogP contribution in [0, 0.1) is 12.8 Å². The lowest BCUT2D eigenvalue weighted by Crippen LogP contribution is -2.38. The molecule has 1 unspecified atom stereocenters. The fraction of sp³-hybridized carbons (Fsp3) is 0.714. The Labute approximate surface area is 109 Å². The van der Waals surface area contributed by atoms with Gasteiger partial charge in [-0.15, -0.1) is 11.3 Å². The van der Waals surface area contributed by atoms with E-state index in [4.69, 9.17) is 0 Å². The van der Waals surface area contributed by atoms with Gasteiger partial charge < -0.3 is 5.32 Å². The number of likely N-dealkylation sites (tertiary alicyclic amines) is 1. The molecule has 0 spiro atoms. The first kappa shape index (κ1) is 13.1. The zero-order valence-corrected chi connectivity index (χ0v) is 12.0. The summed E-state index contributed by atoms with van der Waals surface area (Å²) in [5.74, 6) is 0.882. The van der Waals surface area contributed by atoms with Crippen LogP contribution < -0.4 is 5.32 Å². The van der Waals surface area contributed by atoms with E-state index in [1.54, 1.807) is 4.88 Å². The second-order valence-electron chi connectivity index (χ2n) is 5.18. The summed E-state index contributed by atoms with van der Waals surface area (Å²) < 4.78 is 0. The van der Waals surface area contributed by atoms with Gasteiger partial charge in [-0.3, -0.25) is 4.90 Å². The molecular formula is C14H24N2S. The zero-order valence-electron chi connectivity index (χ0n) is 11.2. The predicted molar refractivity (Wildman–Crippen MR) is 75.7 cm³/mol. The summed E-state index contributed by atoms with van der Waals surface area (Å²) >= 11 is 1.91. The van der Waals surface area contributed by atoms with Crippen molar-refractivity contribution >= 4 is 11.3 Å². The number of thiophene rings is 1. The third kappa shape index (κ3) is 3.09. The lowest BCUT2D eigenvalue weighted by Gasteiger charge is -2.36. The summed E-state index contributed by atoms with van der Waals surface area (Å²) in [5, 5.41) is 5.52. The van der Waals surface area contributed by atoms with Gasteiger partial charge in [0.25, 0.3) is 0 Å². The quantitative estimate of drug-likeness (QED) is 0.886. The number of piperidine rings is 1. The van der Waals surface area contributed by atoms with Crippen LogP contribution in [0.5, 0.6) is 0 Å². The third-order valence-corrected chi connectivity index (χ3v) is 5.16. The van der Waals surface area contributed by atoms with Gasteiger partial charge in [-0.25, -0.2) is 0 Å². The van der Waals surface area contributed by atoms with E-state index in [1.165, 1.54) is 38.0 Å². The van der Waals surface area contributed by atoms with Crippen molar-refractivity contribution in [1.82, 2.24) is 10.2 Å². The maximum absolute atomic E-state index is 3.30. The zero-order chi connectivity index (χ0) is 12.3. The monoisotopic (exact) mass is 252 g/mol. The highest BCUT2D eigenvalue weighted by Gasteiger charge is 2.24. The predicted octanol–water partition coefficient (Wildman–Crippen LogP) is 3.05. The maximum Gasteiger partial charge on any atom is 0.0415 e. The highest BCUT2D eigenvalue weighted by molar-refractivity contribution is 7.10. The van der Waals surface area contributed by atoms with E-state index < -0.39 is 0 Å². The standard InChI is InChI=1S/C14H24N2S/c1-11-6-9-17-14(11)12(2)16-7-4-13(5-8-16)10-15-3/h6,9,12-13,15H,4-5,7-8,10H2,1-3H3. The Hall–Kier alpha value is -0.380. The number of nitrogens with zero attached hydrogens (tertiary/aromatic N) is 1. The molecule has 1 saturated heterocycles. The van der Waals surface area contributed by atoms with Crippen molar-refractivity contribution in [3.05, 3.63) is 21.9 Å². The highest BCUT2D eigenvalue weighted by atomic mass is 32.1. The minimum Gasteiger partial charge on any atom is -0.319 e. The van der Waals surface area contributed by atoms with Crippen LogP contribution in [-0.2, 0) is 0 Å². The van der Waals surface area contributed by atoms with E-state index >= 15 is 0 Å². The van der Waals surface area contributed by atoms with Crippen LogP contribution in [0.2, 0.25) is 0 Å². The van der Waals surface area contributed by atoms with Gasteiger partial charge in [-0.05, 0) is 76.3 Å². The Morgan fingerprint density at radius 3 is 2.71 bits per heavy atom. The molecule has 3 heteroatoms. The SMILES string of the molecule is CNCC1CCN(C(C)c2sccc2C)CC1. The van der Waals surface area contributed by atoms with Crippen LogP contribution in [0.3, 0.4) is 0 Å². The molecule has 2 rings (SSSR count). The van der Waals surface area contributed by atoms with Crippen LogP contribution >= 0.6 is 11.3 Å². The summed E-state index contributed by atoms with van der Waals surface area (Å²) in [6.07, 6.45) is 2.69. The average molecular weight is 252 g/mol. The summed E-state index contributed by atoms with van der Waals surface area (Å²) in [6.45, 7) is 8.28. The molecular weight excluding hydrogens is 228 g/mol. The van der Waals surface area contributed by atoms with Crippen LogP contribution in [0.4, 0.5) is 0 Å². The molecule has 1 aliphatic rings. The molecule has 0 radical (unpaired) electrons. The fourth-order valence-corrected chi connectivity index (χ4v) is 3.83. The highest BCUT2D eigenvalue weighted by Crippen LogP contribution is 2.31. The van der Waals surface area contributed by atoms with Gasteiger partial charge in [0, 0.05) is 10.9 Å². The molecule has 2 heterocycles. The molecule has 1 fully saturated rings. The first-order chi connectivity index (χ1) is 8.22. The molecule has 1 atom stereocenters. The number of nitrogens with one attached hydrogen (secondary N) is 1. The van der Waals surface area contributed by atoms with Gasteiger partial charge in [0.05, 0.1) is 0 Å². The number of hydrogen-bond acceptors (Lipinski definition) is 3.